The van der Waals surface area contributed by atoms with Gasteiger partial charge in [-0.25, -0.2) is 0 Å². The Bertz CT molecular complexity index is 158. The van der Waals surface area contributed by atoms with Crippen LogP contribution in [0.3, 0.4) is 0 Å². The lowest BCUT2D eigenvalue weighted by atomic mass is 9.91. The van der Waals surface area contributed by atoms with E-state index in [2.05, 4.69) is 0 Å². The van der Waals surface area contributed by atoms with Crippen LogP contribution < -0.4 is 0 Å². The minimum atomic E-state index is -1.16. The second-order valence-corrected chi connectivity index (χ2v) is 4.44. The Labute approximate surface area is 122 Å². The first-order valence-corrected chi connectivity index (χ1v) is 5.30. The van der Waals surface area contributed by atoms with Gasteiger partial charge in [-0.15, -0.1) is 0 Å². The van der Waals surface area contributed by atoms with E-state index in [1.807, 2.05) is 0 Å². The summed E-state index contributed by atoms with van der Waals surface area (Å²) in [5.74, 6) is 0. The maximum Gasteiger partial charge on any atom is 0.316 e. The van der Waals surface area contributed by atoms with E-state index in [9.17, 15) is 0 Å². The highest BCUT2D eigenvalue weighted by Crippen LogP contribution is 2.19. The molecule has 0 aliphatic carbocycles. The molecule has 0 fully saturated rings. The van der Waals surface area contributed by atoms with Crippen molar-refractivity contribution in [2.75, 3.05) is 52.9 Å². The van der Waals surface area contributed by atoms with Crippen molar-refractivity contribution < 1.29 is 35.4 Å². The summed E-state index contributed by atoms with van der Waals surface area (Å²) in [6.07, 6.45) is 0. The summed E-state index contributed by atoms with van der Waals surface area (Å²) >= 11 is 0. The number of ether oxygens (including phenoxy) is 1. The van der Waals surface area contributed by atoms with Crippen LogP contribution in [-0.2, 0) is 4.74 Å². The Morgan fingerprint density at radius 1 is 0.556 bits per heavy atom. The SMILES string of the molecule is OCC(CO)(CO)COCC(CO)(CO)CO.[MgH2]. The van der Waals surface area contributed by atoms with Gasteiger partial charge >= 0.3 is 23.1 Å². The zero-order valence-electron chi connectivity index (χ0n) is 9.75. The van der Waals surface area contributed by atoms with Gasteiger partial charge in [0, 0.05) is 0 Å². The van der Waals surface area contributed by atoms with Gasteiger partial charge in [0.1, 0.15) is 0 Å². The quantitative estimate of drug-likeness (QED) is 0.225. The van der Waals surface area contributed by atoms with Gasteiger partial charge in [-0.05, 0) is 0 Å². The van der Waals surface area contributed by atoms with Crippen LogP contribution in [0.25, 0.3) is 0 Å². The maximum atomic E-state index is 9.03. The summed E-state index contributed by atoms with van der Waals surface area (Å²) in [6, 6.07) is 0. The van der Waals surface area contributed by atoms with Gasteiger partial charge in [-0.1, -0.05) is 0 Å². The van der Waals surface area contributed by atoms with Crippen molar-refractivity contribution in [3.05, 3.63) is 0 Å². The Hall–Kier alpha value is 0.486. The van der Waals surface area contributed by atoms with Crippen molar-refractivity contribution >= 4 is 23.1 Å². The predicted molar refractivity (Wildman–Crippen MR) is 66.7 cm³/mol. The molecule has 0 aromatic rings. The number of hydrogen-bond donors (Lipinski definition) is 6. The Morgan fingerprint density at radius 2 is 0.778 bits per heavy atom. The molecule has 0 aromatic carbocycles. The topological polar surface area (TPSA) is 131 Å². The molecule has 6 N–H and O–H groups in total. The first-order chi connectivity index (χ1) is 8.07. The number of hydrogen-bond acceptors (Lipinski definition) is 7. The van der Waals surface area contributed by atoms with Crippen LogP contribution in [0.15, 0.2) is 0 Å². The van der Waals surface area contributed by atoms with E-state index in [4.69, 9.17) is 35.4 Å². The zero-order valence-corrected chi connectivity index (χ0v) is 9.75. The van der Waals surface area contributed by atoms with E-state index < -0.39 is 50.5 Å². The second-order valence-electron chi connectivity index (χ2n) is 4.44. The first-order valence-electron chi connectivity index (χ1n) is 5.30. The number of aliphatic hydroxyl groups is 6. The Kier molecular flexibility index (Phi) is 11.9. The van der Waals surface area contributed by atoms with Crippen molar-refractivity contribution in [3.63, 3.8) is 0 Å². The van der Waals surface area contributed by atoms with E-state index in [0.717, 1.165) is 0 Å². The van der Waals surface area contributed by atoms with Crippen molar-refractivity contribution in [2.24, 2.45) is 10.8 Å². The first kappa shape index (κ1) is 20.8. The fraction of sp³-hybridized carbons (Fsp3) is 1.00. The molecule has 0 amide bonds. The second kappa shape index (κ2) is 10.3. The fourth-order valence-electron chi connectivity index (χ4n) is 1.06. The molecule has 0 spiro atoms. The van der Waals surface area contributed by atoms with Crippen LogP contribution in [0.4, 0.5) is 0 Å². The highest BCUT2D eigenvalue weighted by Gasteiger charge is 2.32. The molecule has 8 heteroatoms. The molecule has 7 nitrogen and oxygen atoms in total. The van der Waals surface area contributed by atoms with Crippen molar-refractivity contribution in [1.82, 2.24) is 0 Å². The summed E-state index contributed by atoms with van der Waals surface area (Å²) in [5.41, 5.74) is -2.32. The average Bonchev–Trinajstić information content (AvgIpc) is 2.41. The number of rotatable bonds is 10. The fourth-order valence-corrected chi connectivity index (χ4v) is 1.06. The van der Waals surface area contributed by atoms with Crippen LogP contribution in [-0.4, -0.2) is 107 Å². The highest BCUT2D eigenvalue weighted by atomic mass is 24.3. The van der Waals surface area contributed by atoms with Crippen molar-refractivity contribution in [3.8, 4) is 0 Å². The minimum absolute atomic E-state index is 0. The molecule has 0 bridgehead atoms. The lowest BCUT2D eigenvalue weighted by Crippen LogP contribution is -2.43. The largest absolute Gasteiger partial charge is 0.396 e. The molecule has 18 heavy (non-hydrogen) atoms. The third-order valence-corrected chi connectivity index (χ3v) is 2.83. The van der Waals surface area contributed by atoms with Gasteiger partial charge in [0.05, 0.1) is 63.7 Å². The molecule has 0 aromatic heterocycles. The summed E-state index contributed by atoms with van der Waals surface area (Å²) in [5, 5.41) is 54.2. The van der Waals surface area contributed by atoms with Crippen LogP contribution in [0.5, 0.6) is 0 Å². The summed E-state index contributed by atoms with van der Waals surface area (Å²) < 4.78 is 5.15. The molecule has 0 saturated heterocycles. The lowest BCUT2D eigenvalue weighted by molar-refractivity contribution is -0.103. The monoisotopic (exact) mass is 280 g/mol. The van der Waals surface area contributed by atoms with Gasteiger partial charge in [0.2, 0.25) is 0 Å². The predicted octanol–water partition coefficient (Wildman–Crippen LogP) is -3.99. The molecule has 0 atom stereocenters. The van der Waals surface area contributed by atoms with Gasteiger partial charge in [-0.2, -0.15) is 0 Å². The van der Waals surface area contributed by atoms with Crippen LogP contribution in [0.1, 0.15) is 0 Å². The van der Waals surface area contributed by atoms with Crippen LogP contribution >= 0.6 is 0 Å². The van der Waals surface area contributed by atoms with E-state index in [1.165, 1.54) is 0 Å². The van der Waals surface area contributed by atoms with E-state index in [0.29, 0.717) is 0 Å². The third kappa shape index (κ3) is 5.64. The molecule has 0 aliphatic heterocycles. The maximum absolute atomic E-state index is 9.03. The van der Waals surface area contributed by atoms with E-state index >= 15 is 0 Å². The van der Waals surface area contributed by atoms with Crippen molar-refractivity contribution in [1.29, 1.82) is 0 Å². The van der Waals surface area contributed by atoms with E-state index in [1.54, 1.807) is 0 Å². The lowest BCUT2D eigenvalue weighted by Gasteiger charge is -2.31. The Balaban J connectivity index is 0. The van der Waals surface area contributed by atoms with Gasteiger partial charge in [0.25, 0.3) is 0 Å². The molecule has 0 heterocycles. The van der Waals surface area contributed by atoms with Gasteiger partial charge in [-0.3, -0.25) is 0 Å². The van der Waals surface area contributed by atoms with Crippen molar-refractivity contribution in [2.45, 2.75) is 0 Å². The molecule has 0 rings (SSSR count). The smallest absolute Gasteiger partial charge is 0.316 e. The summed E-state index contributed by atoms with van der Waals surface area (Å²) in [6.45, 7) is -3.01. The highest BCUT2D eigenvalue weighted by molar-refractivity contribution is 5.75. The van der Waals surface area contributed by atoms with Gasteiger partial charge < -0.3 is 35.4 Å². The minimum Gasteiger partial charge on any atom is -0.396 e. The normalized spacial score (nSPS) is 12.3. The van der Waals surface area contributed by atoms with Gasteiger partial charge in [0.15, 0.2) is 0 Å². The molecule has 0 radical (unpaired) electrons. The average molecular weight is 281 g/mol. The molecule has 0 unspecified atom stereocenters. The third-order valence-electron chi connectivity index (χ3n) is 2.83. The summed E-state index contributed by atoms with van der Waals surface area (Å²) in [4.78, 5) is 0. The molecule has 0 saturated carbocycles. The van der Waals surface area contributed by atoms with Crippen LogP contribution in [0, 0.1) is 10.8 Å². The molecule has 0 aliphatic rings. The standard InChI is InChI=1S/C10H22O7.Mg.2H/c11-1-9(2-12,3-13)7-17-8-10(4-14,5-15)6-16;;;/h11-16H,1-8H2;;;. The molecular weight excluding hydrogens is 256 g/mol. The molecule has 108 valence electrons. The molecular formula is C10H24MgO7. The van der Waals surface area contributed by atoms with E-state index in [-0.39, 0.29) is 36.3 Å². The summed E-state index contributed by atoms with van der Waals surface area (Å²) in [7, 11) is 0. The zero-order chi connectivity index (χ0) is 13.4. The van der Waals surface area contributed by atoms with Crippen LogP contribution in [0.2, 0.25) is 0 Å². The number of aliphatic hydroxyl groups excluding tert-OH is 6. The Morgan fingerprint density at radius 3 is 0.944 bits per heavy atom.